The van der Waals surface area contributed by atoms with Crippen LogP contribution in [0.3, 0.4) is 0 Å². The molecule has 0 unspecified atom stereocenters. The molecule has 0 spiro atoms. The molecule has 0 aliphatic carbocycles. The molecule has 72 valence electrons. The van der Waals surface area contributed by atoms with Gasteiger partial charge in [-0.2, -0.15) is 0 Å². The third-order valence-electron chi connectivity index (χ3n) is 2.01. The first-order chi connectivity index (χ1) is 6.72. The topological polar surface area (TPSA) is 30.7 Å². The highest BCUT2D eigenvalue weighted by Gasteiger charge is 2.10. The molecule has 0 aromatic carbocycles. The molecule has 0 bridgehead atoms. The Morgan fingerprint density at radius 3 is 2.93 bits per heavy atom. The number of nitrogens with zero attached hydrogens (tertiary/aromatic N) is 1. The third-order valence-corrected chi connectivity index (χ3v) is 2.51. The highest BCUT2D eigenvalue weighted by molar-refractivity contribution is 9.10. The quantitative estimate of drug-likeness (QED) is 0.732. The molecule has 0 atom stereocenters. The Bertz CT molecular complexity index is 490. The van der Waals surface area contributed by atoms with Crippen molar-refractivity contribution in [3.05, 3.63) is 40.6 Å². The van der Waals surface area contributed by atoms with Gasteiger partial charge in [-0.25, -0.2) is 4.79 Å². The van der Waals surface area contributed by atoms with E-state index in [2.05, 4.69) is 20.7 Å². The summed E-state index contributed by atoms with van der Waals surface area (Å²) in [4.78, 5) is 11.3. The summed E-state index contributed by atoms with van der Waals surface area (Å²) in [6.07, 6.45) is 1.83. The Balaban J connectivity index is 2.64. The lowest BCUT2D eigenvalue weighted by molar-refractivity contribution is 0.0593. The van der Waals surface area contributed by atoms with Crippen molar-refractivity contribution in [2.75, 3.05) is 7.11 Å². The molecule has 2 aromatic heterocycles. The molecule has 0 N–H and O–H groups in total. The summed E-state index contributed by atoms with van der Waals surface area (Å²) >= 11 is 3.37. The Labute approximate surface area is 89.4 Å². The third kappa shape index (κ3) is 1.42. The Hall–Kier alpha value is -1.29. The normalized spacial score (nSPS) is 10.4. The van der Waals surface area contributed by atoms with Crippen LogP contribution in [0.5, 0.6) is 0 Å². The minimum Gasteiger partial charge on any atom is -0.464 e. The van der Waals surface area contributed by atoms with Gasteiger partial charge in [-0.3, -0.25) is 0 Å². The number of carbonyl (C=O) groups is 1. The smallest absolute Gasteiger partial charge is 0.355 e. The number of pyridine rings is 1. The fourth-order valence-electron chi connectivity index (χ4n) is 1.35. The molecule has 0 amide bonds. The highest BCUT2D eigenvalue weighted by atomic mass is 79.9. The first-order valence-corrected chi connectivity index (χ1v) is 4.86. The Morgan fingerprint density at radius 2 is 2.21 bits per heavy atom. The summed E-state index contributed by atoms with van der Waals surface area (Å²) in [5.74, 6) is -0.327. The van der Waals surface area contributed by atoms with E-state index in [-0.39, 0.29) is 5.97 Å². The van der Waals surface area contributed by atoms with E-state index in [0.29, 0.717) is 5.69 Å². The van der Waals surface area contributed by atoms with Crippen LogP contribution in [0, 0.1) is 0 Å². The van der Waals surface area contributed by atoms with E-state index in [1.54, 1.807) is 10.5 Å². The van der Waals surface area contributed by atoms with Gasteiger partial charge in [0.05, 0.1) is 7.11 Å². The average molecular weight is 254 g/mol. The van der Waals surface area contributed by atoms with Gasteiger partial charge < -0.3 is 9.14 Å². The summed E-state index contributed by atoms with van der Waals surface area (Å²) in [6.45, 7) is 0. The molecule has 4 heteroatoms. The van der Waals surface area contributed by atoms with Crippen LogP contribution in [0.2, 0.25) is 0 Å². The average Bonchev–Trinajstić information content (AvgIpc) is 2.59. The number of esters is 1. The van der Waals surface area contributed by atoms with Gasteiger partial charge in [0.15, 0.2) is 0 Å². The van der Waals surface area contributed by atoms with E-state index >= 15 is 0 Å². The molecule has 0 radical (unpaired) electrons. The monoisotopic (exact) mass is 253 g/mol. The molecule has 14 heavy (non-hydrogen) atoms. The van der Waals surface area contributed by atoms with Gasteiger partial charge in [0.1, 0.15) is 5.69 Å². The maximum atomic E-state index is 11.3. The maximum absolute atomic E-state index is 11.3. The minimum atomic E-state index is -0.327. The van der Waals surface area contributed by atoms with E-state index in [4.69, 9.17) is 0 Å². The van der Waals surface area contributed by atoms with Crippen LogP contribution in [0.25, 0.3) is 5.52 Å². The number of aromatic nitrogens is 1. The molecule has 0 aliphatic rings. The lowest BCUT2D eigenvalue weighted by Crippen LogP contribution is -2.04. The first-order valence-electron chi connectivity index (χ1n) is 4.07. The molecule has 3 nitrogen and oxygen atoms in total. The van der Waals surface area contributed by atoms with Gasteiger partial charge in [0.25, 0.3) is 0 Å². The van der Waals surface area contributed by atoms with Gasteiger partial charge in [0, 0.05) is 16.2 Å². The number of carbonyl (C=O) groups excluding carboxylic acids is 1. The van der Waals surface area contributed by atoms with Crippen LogP contribution in [0.15, 0.2) is 34.9 Å². The molecular weight excluding hydrogens is 246 g/mol. The van der Waals surface area contributed by atoms with Crippen LogP contribution in [-0.4, -0.2) is 17.5 Å². The van der Waals surface area contributed by atoms with Crippen molar-refractivity contribution in [1.29, 1.82) is 0 Å². The number of rotatable bonds is 1. The van der Waals surface area contributed by atoms with E-state index in [1.807, 2.05) is 24.4 Å². The van der Waals surface area contributed by atoms with Gasteiger partial charge in [-0.05, 0) is 24.3 Å². The number of methoxy groups -OCH3 is 1. The molecule has 2 heterocycles. The van der Waals surface area contributed by atoms with Crippen LogP contribution in [-0.2, 0) is 4.74 Å². The summed E-state index contributed by atoms with van der Waals surface area (Å²) in [6, 6.07) is 7.43. The van der Waals surface area contributed by atoms with Crippen LogP contribution >= 0.6 is 15.9 Å². The zero-order valence-electron chi connectivity index (χ0n) is 7.53. The largest absolute Gasteiger partial charge is 0.464 e. The summed E-state index contributed by atoms with van der Waals surface area (Å²) < 4.78 is 7.44. The van der Waals surface area contributed by atoms with Gasteiger partial charge >= 0.3 is 5.97 Å². The molecule has 2 aromatic rings. The van der Waals surface area contributed by atoms with Crippen molar-refractivity contribution in [1.82, 2.24) is 4.40 Å². The summed E-state index contributed by atoms with van der Waals surface area (Å²) in [5.41, 5.74) is 1.50. The zero-order chi connectivity index (χ0) is 10.1. The van der Waals surface area contributed by atoms with Crippen molar-refractivity contribution in [3.8, 4) is 0 Å². The second-order valence-corrected chi connectivity index (χ2v) is 3.77. The maximum Gasteiger partial charge on any atom is 0.355 e. The predicted molar refractivity (Wildman–Crippen MR) is 56.4 cm³/mol. The fraction of sp³-hybridized carbons (Fsp3) is 0.100. The van der Waals surface area contributed by atoms with Crippen molar-refractivity contribution >= 4 is 27.4 Å². The van der Waals surface area contributed by atoms with Crippen molar-refractivity contribution < 1.29 is 9.53 Å². The number of fused-ring (bicyclic) bond motifs is 1. The number of halogens is 1. The molecule has 2 rings (SSSR count). The number of ether oxygens (including phenoxy) is 1. The Kier molecular flexibility index (Phi) is 2.29. The van der Waals surface area contributed by atoms with Crippen molar-refractivity contribution in [2.45, 2.75) is 0 Å². The fourth-order valence-corrected chi connectivity index (χ4v) is 1.71. The standard InChI is InChI=1S/C10H8BrNO2/c1-14-10(13)9-3-2-8-6-7(11)4-5-12(8)9/h2-6H,1H3. The Morgan fingerprint density at radius 1 is 1.43 bits per heavy atom. The molecule has 0 aliphatic heterocycles. The molecule has 0 saturated carbocycles. The summed E-state index contributed by atoms with van der Waals surface area (Å²) in [7, 11) is 1.38. The zero-order valence-corrected chi connectivity index (χ0v) is 9.11. The molecular formula is C10H8BrNO2. The number of hydrogen-bond acceptors (Lipinski definition) is 2. The first kappa shape index (κ1) is 9.27. The van der Waals surface area contributed by atoms with Gasteiger partial charge in [-0.1, -0.05) is 15.9 Å². The molecule has 0 fully saturated rings. The van der Waals surface area contributed by atoms with E-state index in [0.717, 1.165) is 9.99 Å². The SMILES string of the molecule is COC(=O)c1ccc2cc(Br)ccn12. The predicted octanol–water partition coefficient (Wildman–Crippen LogP) is 2.49. The van der Waals surface area contributed by atoms with E-state index in [1.165, 1.54) is 7.11 Å². The van der Waals surface area contributed by atoms with Gasteiger partial charge in [-0.15, -0.1) is 0 Å². The van der Waals surface area contributed by atoms with E-state index in [9.17, 15) is 4.79 Å². The van der Waals surface area contributed by atoms with E-state index < -0.39 is 0 Å². The second kappa shape index (κ2) is 3.46. The lowest BCUT2D eigenvalue weighted by atomic mass is 10.4. The van der Waals surface area contributed by atoms with Crippen molar-refractivity contribution in [3.63, 3.8) is 0 Å². The number of hydrogen-bond donors (Lipinski definition) is 0. The second-order valence-electron chi connectivity index (χ2n) is 2.85. The van der Waals surface area contributed by atoms with Crippen molar-refractivity contribution in [2.24, 2.45) is 0 Å². The van der Waals surface area contributed by atoms with Crippen LogP contribution < -0.4 is 0 Å². The minimum absolute atomic E-state index is 0.327. The van der Waals surface area contributed by atoms with Crippen LogP contribution in [0.4, 0.5) is 0 Å². The van der Waals surface area contributed by atoms with Gasteiger partial charge in [0.2, 0.25) is 0 Å². The summed E-state index contributed by atoms with van der Waals surface area (Å²) in [5, 5.41) is 0. The molecule has 0 saturated heterocycles. The highest BCUT2D eigenvalue weighted by Crippen LogP contribution is 2.16. The lowest BCUT2D eigenvalue weighted by Gasteiger charge is -2.00. The van der Waals surface area contributed by atoms with Crippen LogP contribution in [0.1, 0.15) is 10.5 Å².